The SMILES string of the molecule is C=C[C@H](C)[C@@]12CO[C@@H](C(CNC(=O)c3ccccc3)O1)[C@@H]2O[Si](C)(C)C(C)(C)C. The molecule has 1 unspecified atom stereocenters. The van der Waals surface area contributed by atoms with Gasteiger partial charge in [-0.05, 0) is 30.3 Å². The van der Waals surface area contributed by atoms with Gasteiger partial charge in [-0.15, -0.1) is 6.58 Å². The summed E-state index contributed by atoms with van der Waals surface area (Å²) in [7, 11) is -2.03. The Morgan fingerprint density at radius 1 is 1.38 bits per heavy atom. The molecule has 1 N–H and O–H groups in total. The van der Waals surface area contributed by atoms with Gasteiger partial charge in [0.25, 0.3) is 5.91 Å². The molecule has 1 aromatic rings. The van der Waals surface area contributed by atoms with Crippen LogP contribution in [0.1, 0.15) is 38.1 Å². The number of fused-ring (bicyclic) bond motifs is 2. The Morgan fingerprint density at radius 3 is 2.62 bits per heavy atom. The molecule has 160 valence electrons. The van der Waals surface area contributed by atoms with Crippen LogP contribution in [0.4, 0.5) is 0 Å². The van der Waals surface area contributed by atoms with Gasteiger partial charge in [0, 0.05) is 18.0 Å². The van der Waals surface area contributed by atoms with E-state index in [0.717, 1.165) is 0 Å². The van der Waals surface area contributed by atoms with E-state index in [1.165, 1.54) is 0 Å². The second-order valence-corrected chi connectivity index (χ2v) is 14.5. The number of hydrogen-bond acceptors (Lipinski definition) is 4. The maximum Gasteiger partial charge on any atom is 0.251 e. The summed E-state index contributed by atoms with van der Waals surface area (Å²) in [5.41, 5.74) is 0.0872. The molecule has 1 aromatic carbocycles. The van der Waals surface area contributed by atoms with E-state index in [1.807, 2.05) is 24.3 Å². The smallest absolute Gasteiger partial charge is 0.251 e. The summed E-state index contributed by atoms with van der Waals surface area (Å²) in [5.74, 6) is -0.0262. The molecule has 0 saturated carbocycles. The Hall–Kier alpha value is -1.47. The highest BCUT2D eigenvalue weighted by molar-refractivity contribution is 6.74. The first-order chi connectivity index (χ1) is 13.5. The van der Waals surface area contributed by atoms with E-state index >= 15 is 0 Å². The second-order valence-electron chi connectivity index (χ2n) is 9.79. The van der Waals surface area contributed by atoms with Crippen molar-refractivity contribution in [2.45, 2.75) is 69.7 Å². The zero-order valence-corrected chi connectivity index (χ0v) is 19.5. The lowest BCUT2D eigenvalue weighted by Crippen LogP contribution is -2.53. The van der Waals surface area contributed by atoms with Crippen LogP contribution in [-0.2, 0) is 13.9 Å². The molecule has 0 radical (unpaired) electrons. The van der Waals surface area contributed by atoms with Crippen molar-refractivity contribution in [3.8, 4) is 0 Å². The number of carbonyl (C=O) groups is 1. The molecular formula is C23H35NO4Si. The molecule has 6 heteroatoms. The largest absolute Gasteiger partial charge is 0.408 e. The lowest BCUT2D eigenvalue weighted by Gasteiger charge is -2.42. The normalized spacial score (nSPS) is 30.2. The first kappa shape index (κ1) is 22.2. The van der Waals surface area contributed by atoms with Crippen molar-refractivity contribution in [2.75, 3.05) is 13.2 Å². The van der Waals surface area contributed by atoms with Gasteiger partial charge in [-0.3, -0.25) is 4.79 Å². The van der Waals surface area contributed by atoms with Gasteiger partial charge in [0.05, 0.1) is 6.61 Å². The summed E-state index contributed by atoms with van der Waals surface area (Å²) >= 11 is 0. The van der Waals surface area contributed by atoms with Crippen molar-refractivity contribution in [3.63, 3.8) is 0 Å². The van der Waals surface area contributed by atoms with Crippen molar-refractivity contribution < 1.29 is 18.7 Å². The highest BCUT2D eigenvalue weighted by Crippen LogP contribution is 2.49. The fourth-order valence-corrected chi connectivity index (χ4v) is 5.15. The molecule has 2 heterocycles. The number of nitrogens with one attached hydrogen (secondary N) is 1. The van der Waals surface area contributed by atoms with Crippen molar-refractivity contribution in [1.29, 1.82) is 0 Å². The van der Waals surface area contributed by atoms with E-state index < -0.39 is 13.9 Å². The summed E-state index contributed by atoms with van der Waals surface area (Å²) < 4.78 is 19.5. The van der Waals surface area contributed by atoms with Gasteiger partial charge in [0.2, 0.25) is 0 Å². The van der Waals surface area contributed by atoms with E-state index in [0.29, 0.717) is 18.7 Å². The highest BCUT2D eigenvalue weighted by Gasteiger charge is 2.65. The zero-order valence-electron chi connectivity index (χ0n) is 18.5. The molecule has 29 heavy (non-hydrogen) atoms. The number of benzene rings is 1. The van der Waals surface area contributed by atoms with E-state index in [-0.39, 0.29) is 35.2 Å². The minimum atomic E-state index is -2.03. The number of amides is 1. The monoisotopic (exact) mass is 417 g/mol. The standard InChI is InChI=1S/C23H35NO4Si/c1-8-16(2)23-15-26-19(20(23)28-29(6,7)22(3,4)5)18(27-23)14-24-21(25)17-12-10-9-11-13-17/h8-13,16,18-20H,1,14-15H2,2-7H3,(H,24,25)/t16-,18?,19-,20-,23+/m0/s1. The summed E-state index contributed by atoms with van der Waals surface area (Å²) in [6.07, 6.45) is 1.32. The first-order valence-corrected chi connectivity index (χ1v) is 13.4. The van der Waals surface area contributed by atoms with Crippen LogP contribution in [0.25, 0.3) is 0 Å². The van der Waals surface area contributed by atoms with Gasteiger partial charge in [-0.1, -0.05) is 52.0 Å². The van der Waals surface area contributed by atoms with Gasteiger partial charge >= 0.3 is 0 Å². The van der Waals surface area contributed by atoms with Gasteiger partial charge < -0.3 is 19.2 Å². The molecule has 1 amide bonds. The highest BCUT2D eigenvalue weighted by atomic mass is 28.4. The van der Waals surface area contributed by atoms with Crippen LogP contribution in [-0.4, -0.2) is 51.3 Å². The summed E-state index contributed by atoms with van der Waals surface area (Å²) in [6.45, 7) is 18.2. The van der Waals surface area contributed by atoms with E-state index in [1.54, 1.807) is 12.1 Å². The molecule has 2 saturated heterocycles. The van der Waals surface area contributed by atoms with Crippen LogP contribution in [0.15, 0.2) is 43.0 Å². The maximum atomic E-state index is 12.5. The Morgan fingerprint density at radius 2 is 2.03 bits per heavy atom. The van der Waals surface area contributed by atoms with Crippen molar-refractivity contribution >= 4 is 14.2 Å². The van der Waals surface area contributed by atoms with Crippen molar-refractivity contribution in [1.82, 2.24) is 5.32 Å². The Balaban J connectivity index is 1.77. The average Bonchev–Trinajstić information content (AvgIpc) is 3.17. The van der Waals surface area contributed by atoms with Gasteiger partial charge in [-0.2, -0.15) is 0 Å². The van der Waals surface area contributed by atoms with Gasteiger partial charge in [0.15, 0.2) is 8.32 Å². The molecule has 0 spiro atoms. The Bertz CT molecular complexity index is 745. The molecule has 3 rings (SSSR count). The van der Waals surface area contributed by atoms with Crippen LogP contribution in [0.5, 0.6) is 0 Å². The van der Waals surface area contributed by atoms with Crippen LogP contribution >= 0.6 is 0 Å². The molecule has 0 aromatic heterocycles. The minimum absolute atomic E-state index is 0.0806. The predicted molar refractivity (Wildman–Crippen MR) is 118 cm³/mol. The topological polar surface area (TPSA) is 56.8 Å². The Labute approximate surface area is 175 Å². The molecular weight excluding hydrogens is 382 g/mol. The number of rotatable bonds is 7. The average molecular weight is 418 g/mol. The molecule has 0 aliphatic carbocycles. The van der Waals surface area contributed by atoms with Crippen LogP contribution in [0.3, 0.4) is 0 Å². The van der Waals surface area contributed by atoms with Crippen LogP contribution in [0, 0.1) is 5.92 Å². The molecule has 2 fully saturated rings. The third-order valence-electron chi connectivity index (χ3n) is 6.87. The molecule has 2 bridgehead atoms. The van der Waals surface area contributed by atoms with E-state index in [9.17, 15) is 4.79 Å². The Kier molecular flexibility index (Phi) is 6.12. The second kappa shape index (κ2) is 7.98. The molecule has 2 aliphatic rings. The third-order valence-corrected chi connectivity index (χ3v) is 11.3. The third kappa shape index (κ3) is 4.08. The summed E-state index contributed by atoms with van der Waals surface area (Å²) in [6, 6.07) is 9.22. The number of hydrogen-bond donors (Lipinski definition) is 1. The number of carbonyl (C=O) groups excluding carboxylic acids is 1. The quantitative estimate of drug-likeness (QED) is 0.534. The summed E-state index contributed by atoms with van der Waals surface area (Å²) in [4.78, 5) is 12.5. The van der Waals surface area contributed by atoms with E-state index in [4.69, 9.17) is 13.9 Å². The molecule has 2 aliphatic heterocycles. The number of ether oxygens (including phenoxy) is 2. The van der Waals surface area contributed by atoms with Gasteiger partial charge in [0.1, 0.15) is 23.9 Å². The van der Waals surface area contributed by atoms with Crippen molar-refractivity contribution in [3.05, 3.63) is 48.6 Å². The lowest BCUT2D eigenvalue weighted by atomic mass is 9.86. The van der Waals surface area contributed by atoms with Crippen LogP contribution < -0.4 is 5.32 Å². The maximum absolute atomic E-state index is 12.5. The fraction of sp³-hybridized carbons (Fsp3) is 0.609. The molecule has 5 atom stereocenters. The van der Waals surface area contributed by atoms with Crippen molar-refractivity contribution in [2.24, 2.45) is 5.92 Å². The minimum Gasteiger partial charge on any atom is -0.408 e. The van der Waals surface area contributed by atoms with E-state index in [2.05, 4.69) is 52.7 Å². The zero-order chi connectivity index (χ0) is 21.4. The summed E-state index contributed by atoms with van der Waals surface area (Å²) in [5, 5.41) is 3.09. The molecule has 5 nitrogen and oxygen atoms in total. The first-order valence-electron chi connectivity index (χ1n) is 10.4. The predicted octanol–water partition coefficient (Wildman–Crippen LogP) is 4.17. The van der Waals surface area contributed by atoms with Crippen LogP contribution in [0.2, 0.25) is 18.1 Å². The lowest BCUT2D eigenvalue weighted by molar-refractivity contribution is -0.156. The van der Waals surface area contributed by atoms with Gasteiger partial charge in [-0.25, -0.2) is 0 Å². The fourth-order valence-electron chi connectivity index (χ4n) is 3.83.